The van der Waals surface area contributed by atoms with Crippen molar-refractivity contribution in [2.75, 3.05) is 0 Å². The lowest BCUT2D eigenvalue weighted by Gasteiger charge is -2.11. The molecule has 0 aliphatic heterocycles. The first-order chi connectivity index (χ1) is 9.72. The van der Waals surface area contributed by atoms with Gasteiger partial charge in [-0.25, -0.2) is 4.98 Å². The van der Waals surface area contributed by atoms with Gasteiger partial charge in [-0.15, -0.1) is 0 Å². The lowest BCUT2D eigenvalue weighted by atomic mass is 10.2. The van der Waals surface area contributed by atoms with Crippen molar-refractivity contribution < 1.29 is 4.42 Å². The van der Waals surface area contributed by atoms with Gasteiger partial charge in [0.1, 0.15) is 11.5 Å². The fourth-order valence-corrected chi connectivity index (χ4v) is 2.13. The Morgan fingerprint density at radius 2 is 1.95 bits per heavy atom. The highest BCUT2D eigenvalue weighted by molar-refractivity contribution is 5.73. The Kier molecular flexibility index (Phi) is 3.48. The monoisotopic (exact) mass is 267 g/mol. The van der Waals surface area contributed by atoms with E-state index in [1.165, 1.54) is 0 Å². The van der Waals surface area contributed by atoms with Crippen molar-refractivity contribution in [2.24, 2.45) is 0 Å². The normalized spacial score (nSPS) is 12.7. The van der Waals surface area contributed by atoms with Crippen molar-refractivity contribution in [1.29, 1.82) is 0 Å². The van der Waals surface area contributed by atoms with Crippen LogP contribution < -0.4 is 5.32 Å². The van der Waals surface area contributed by atoms with Crippen LogP contribution in [-0.2, 0) is 6.54 Å². The molecule has 3 rings (SSSR count). The molecule has 0 radical (unpaired) electrons. The van der Waals surface area contributed by atoms with E-state index in [-0.39, 0.29) is 6.04 Å². The summed E-state index contributed by atoms with van der Waals surface area (Å²) in [7, 11) is 0. The molecule has 0 aliphatic rings. The summed E-state index contributed by atoms with van der Waals surface area (Å²) < 4.78 is 5.61. The molecule has 4 heteroatoms. The van der Waals surface area contributed by atoms with Crippen LogP contribution in [-0.4, -0.2) is 9.97 Å². The van der Waals surface area contributed by atoms with Crippen LogP contribution in [0.2, 0.25) is 0 Å². The molecule has 1 unspecified atom stereocenters. The Labute approximate surface area is 117 Å². The van der Waals surface area contributed by atoms with E-state index >= 15 is 0 Å². The number of rotatable bonds is 4. The Balaban J connectivity index is 1.70. The summed E-state index contributed by atoms with van der Waals surface area (Å²) >= 11 is 0. The Hall–Kier alpha value is -2.20. The molecular formula is C16H17N3O. The number of furan rings is 1. The van der Waals surface area contributed by atoms with E-state index in [0.29, 0.717) is 6.54 Å². The van der Waals surface area contributed by atoms with E-state index in [1.807, 2.05) is 49.5 Å². The molecule has 2 heterocycles. The number of hydrogen-bond acceptors (Lipinski definition) is 4. The second-order valence-electron chi connectivity index (χ2n) is 4.90. The van der Waals surface area contributed by atoms with Crippen LogP contribution in [0.1, 0.15) is 30.2 Å². The quantitative estimate of drug-likeness (QED) is 0.787. The highest BCUT2D eigenvalue weighted by Gasteiger charge is 2.09. The molecule has 0 bridgehead atoms. The highest BCUT2D eigenvalue weighted by Crippen LogP contribution is 2.16. The predicted octanol–water partition coefficient (Wildman–Crippen LogP) is 3.38. The van der Waals surface area contributed by atoms with Crippen LogP contribution in [0, 0.1) is 6.92 Å². The molecule has 0 saturated carbocycles. The van der Waals surface area contributed by atoms with E-state index in [0.717, 1.165) is 28.2 Å². The standard InChI is InChI=1S/C16H17N3O/c1-11-7-8-16(20-11)12(2)17-9-13-10-18-14-5-3-4-6-15(14)19-13/h3-8,10,12,17H,9H2,1-2H3. The molecule has 4 nitrogen and oxygen atoms in total. The van der Waals surface area contributed by atoms with Crippen molar-refractivity contribution >= 4 is 11.0 Å². The van der Waals surface area contributed by atoms with Crippen LogP contribution in [0.3, 0.4) is 0 Å². The maximum atomic E-state index is 5.61. The number of benzene rings is 1. The molecule has 1 atom stereocenters. The molecule has 102 valence electrons. The molecular weight excluding hydrogens is 250 g/mol. The van der Waals surface area contributed by atoms with Gasteiger partial charge in [0.2, 0.25) is 0 Å². The van der Waals surface area contributed by atoms with Gasteiger partial charge in [0.05, 0.1) is 29.0 Å². The largest absolute Gasteiger partial charge is 0.465 e. The zero-order chi connectivity index (χ0) is 13.9. The maximum Gasteiger partial charge on any atom is 0.120 e. The Morgan fingerprint density at radius 1 is 1.15 bits per heavy atom. The molecule has 0 spiro atoms. The van der Waals surface area contributed by atoms with Crippen molar-refractivity contribution in [3.8, 4) is 0 Å². The van der Waals surface area contributed by atoms with Crippen molar-refractivity contribution in [3.63, 3.8) is 0 Å². The predicted molar refractivity (Wildman–Crippen MR) is 78.2 cm³/mol. The van der Waals surface area contributed by atoms with E-state index in [4.69, 9.17) is 4.42 Å². The van der Waals surface area contributed by atoms with E-state index in [9.17, 15) is 0 Å². The number of nitrogens with one attached hydrogen (secondary N) is 1. The summed E-state index contributed by atoms with van der Waals surface area (Å²) in [5.41, 5.74) is 2.78. The van der Waals surface area contributed by atoms with Crippen LogP contribution in [0.15, 0.2) is 47.0 Å². The number of nitrogens with zero attached hydrogens (tertiary/aromatic N) is 2. The van der Waals surface area contributed by atoms with Crippen LogP contribution in [0.25, 0.3) is 11.0 Å². The van der Waals surface area contributed by atoms with E-state index in [2.05, 4.69) is 22.2 Å². The van der Waals surface area contributed by atoms with Gasteiger partial charge in [0.15, 0.2) is 0 Å². The van der Waals surface area contributed by atoms with E-state index < -0.39 is 0 Å². The van der Waals surface area contributed by atoms with Gasteiger partial charge in [-0.1, -0.05) is 12.1 Å². The first kappa shape index (κ1) is 12.8. The topological polar surface area (TPSA) is 51.0 Å². The summed E-state index contributed by atoms with van der Waals surface area (Å²) in [6.45, 7) is 4.69. The second kappa shape index (κ2) is 5.43. The fourth-order valence-electron chi connectivity index (χ4n) is 2.13. The summed E-state index contributed by atoms with van der Waals surface area (Å²) in [5, 5.41) is 3.40. The molecule has 2 aromatic heterocycles. The molecule has 20 heavy (non-hydrogen) atoms. The summed E-state index contributed by atoms with van der Waals surface area (Å²) in [6.07, 6.45) is 1.81. The lowest BCUT2D eigenvalue weighted by Crippen LogP contribution is -2.18. The lowest BCUT2D eigenvalue weighted by molar-refractivity contribution is 0.414. The fraction of sp³-hybridized carbons (Fsp3) is 0.250. The third-order valence-electron chi connectivity index (χ3n) is 3.28. The van der Waals surface area contributed by atoms with Gasteiger partial charge < -0.3 is 9.73 Å². The third-order valence-corrected chi connectivity index (χ3v) is 3.28. The molecule has 3 aromatic rings. The SMILES string of the molecule is Cc1ccc(C(C)NCc2cnc3ccccc3n2)o1. The van der Waals surface area contributed by atoms with E-state index in [1.54, 1.807) is 0 Å². The molecule has 0 amide bonds. The Bertz CT molecular complexity index is 720. The average molecular weight is 267 g/mol. The summed E-state index contributed by atoms with van der Waals surface area (Å²) in [5.74, 6) is 1.87. The summed E-state index contributed by atoms with van der Waals surface area (Å²) in [4.78, 5) is 9.00. The zero-order valence-corrected chi connectivity index (χ0v) is 11.6. The van der Waals surface area contributed by atoms with Gasteiger partial charge in [0, 0.05) is 6.54 Å². The molecule has 0 aliphatic carbocycles. The second-order valence-corrected chi connectivity index (χ2v) is 4.90. The molecule has 1 aromatic carbocycles. The minimum absolute atomic E-state index is 0.150. The van der Waals surface area contributed by atoms with Crippen LogP contribution in [0.4, 0.5) is 0 Å². The molecule has 0 saturated heterocycles. The van der Waals surface area contributed by atoms with Gasteiger partial charge in [-0.3, -0.25) is 4.98 Å². The Morgan fingerprint density at radius 3 is 2.70 bits per heavy atom. The first-order valence-electron chi connectivity index (χ1n) is 6.73. The minimum Gasteiger partial charge on any atom is -0.465 e. The minimum atomic E-state index is 0.150. The summed E-state index contributed by atoms with van der Waals surface area (Å²) in [6, 6.07) is 12.0. The third kappa shape index (κ3) is 2.70. The van der Waals surface area contributed by atoms with Gasteiger partial charge in [-0.05, 0) is 38.1 Å². The number of para-hydroxylation sites is 2. The van der Waals surface area contributed by atoms with Crippen molar-refractivity contribution in [2.45, 2.75) is 26.4 Å². The maximum absolute atomic E-state index is 5.61. The molecule has 1 N–H and O–H groups in total. The van der Waals surface area contributed by atoms with Crippen molar-refractivity contribution in [1.82, 2.24) is 15.3 Å². The van der Waals surface area contributed by atoms with Crippen LogP contribution >= 0.6 is 0 Å². The highest BCUT2D eigenvalue weighted by atomic mass is 16.3. The number of aryl methyl sites for hydroxylation is 1. The zero-order valence-electron chi connectivity index (χ0n) is 11.6. The first-order valence-corrected chi connectivity index (χ1v) is 6.73. The van der Waals surface area contributed by atoms with Crippen LogP contribution in [0.5, 0.6) is 0 Å². The average Bonchev–Trinajstić information content (AvgIpc) is 2.91. The van der Waals surface area contributed by atoms with Gasteiger partial charge >= 0.3 is 0 Å². The smallest absolute Gasteiger partial charge is 0.120 e. The number of fused-ring (bicyclic) bond motifs is 1. The number of hydrogen-bond donors (Lipinski definition) is 1. The molecule has 0 fully saturated rings. The van der Waals surface area contributed by atoms with Crippen molar-refractivity contribution in [3.05, 3.63) is 59.8 Å². The van der Waals surface area contributed by atoms with Gasteiger partial charge in [0.25, 0.3) is 0 Å². The number of aromatic nitrogens is 2. The van der Waals surface area contributed by atoms with Gasteiger partial charge in [-0.2, -0.15) is 0 Å².